The van der Waals surface area contributed by atoms with E-state index in [1.807, 2.05) is 16.7 Å². The van der Waals surface area contributed by atoms with Gasteiger partial charge in [0.1, 0.15) is 11.9 Å². The topological polar surface area (TPSA) is 84.5 Å². The summed E-state index contributed by atoms with van der Waals surface area (Å²) in [4.78, 5) is 13.5. The Kier molecular flexibility index (Phi) is 5.19. The quantitative estimate of drug-likeness (QED) is 0.521. The molecule has 1 N–H and O–H groups in total. The van der Waals surface area contributed by atoms with E-state index in [0.717, 1.165) is 16.6 Å². The summed E-state index contributed by atoms with van der Waals surface area (Å²) in [6.07, 6.45) is -2.45. The average molecular weight is 483 g/mol. The Bertz CT molecular complexity index is 1400. The second kappa shape index (κ2) is 7.79. The van der Waals surface area contributed by atoms with Gasteiger partial charge in [-0.05, 0) is 48.2 Å². The Balaban J connectivity index is 0.00000304. The van der Waals surface area contributed by atoms with Gasteiger partial charge in [0, 0.05) is 36.4 Å². The maximum atomic E-state index is 13.5. The van der Waals surface area contributed by atoms with Crippen LogP contribution in [0.25, 0.3) is 10.9 Å². The van der Waals surface area contributed by atoms with E-state index in [1.165, 1.54) is 12.1 Å². The summed E-state index contributed by atoms with van der Waals surface area (Å²) in [7, 11) is 0. The van der Waals surface area contributed by atoms with Crippen molar-refractivity contribution < 1.29 is 29.6 Å². The van der Waals surface area contributed by atoms with Gasteiger partial charge in [-0.1, -0.05) is 32.9 Å². The Morgan fingerprint density at radius 2 is 1.89 bits per heavy atom. The van der Waals surface area contributed by atoms with E-state index in [4.69, 9.17) is 0 Å². The fraction of sp³-hybridized carbons (Fsp3) is 0.407. The number of carbonyl (C=O) groups is 1. The first-order valence-electron chi connectivity index (χ1n) is 11.6. The predicted octanol–water partition coefficient (Wildman–Crippen LogP) is 5.21. The minimum atomic E-state index is -3.71. The number of ether oxygens (including phenoxy) is 2. The molecule has 0 amide bonds. The molecule has 2 aliphatic rings. The predicted molar refractivity (Wildman–Crippen MR) is 127 cm³/mol. The highest BCUT2D eigenvalue weighted by molar-refractivity contribution is 5.97. The normalized spacial score (nSPS) is 17.4. The second-order valence-electron chi connectivity index (χ2n) is 10.3. The number of nitrogens with zero attached hydrogens (tertiary/aromatic N) is 2. The molecule has 1 aliphatic carbocycles. The van der Waals surface area contributed by atoms with Crippen LogP contribution in [0.4, 0.5) is 8.78 Å². The Morgan fingerprint density at radius 3 is 2.51 bits per heavy atom. The molecule has 1 aliphatic heterocycles. The van der Waals surface area contributed by atoms with E-state index < -0.39 is 11.7 Å². The number of Topliss-reactive ketones (excluding diaryl/α,β-unsaturated/α-hetero) is 1. The molecule has 5 rings (SSSR count). The Morgan fingerprint density at radius 1 is 1.17 bits per heavy atom. The van der Waals surface area contributed by atoms with Crippen molar-refractivity contribution in [2.24, 2.45) is 0 Å². The first-order valence-corrected chi connectivity index (χ1v) is 11.6. The van der Waals surface area contributed by atoms with Gasteiger partial charge < -0.3 is 19.1 Å². The number of benzene rings is 2. The van der Waals surface area contributed by atoms with Crippen molar-refractivity contribution in [3.8, 4) is 17.6 Å². The molecule has 0 saturated heterocycles. The molecule has 1 saturated carbocycles. The maximum Gasteiger partial charge on any atom is 0.586 e. The largest absolute Gasteiger partial charge is 0.586 e. The summed E-state index contributed by atoms with van der Waals surface area (Å²) in [6, 6.07) is 12.5. The molecule has 0 radical (unpaired) electrons. The molecule has 8 heteroatoms. The molecule has 0 atom stereocenters. The van der Waals surface area contributed by atoms with Crippen LogP contribution in [0.5, 0.6) is 11.5 Å². The van der Waals surface area contributed by atoms with E-state index in [1.54, 1.807) is 12.1 Å². The zero-order chi connectivity index (χ0) is 25.2. The lowest BCUT2D eigenvalue weighted by Crippen LogP contribution is -2.26. The van der Waals surface area contributed by atoms with Crippen LogP contribution in [0.15, 0.2) is 36.4 Å². The minimum Gasteiger partial charge on any atom is -0.395 e. The van der Waals surface area contributed by atoms with Gasteiger partial charge in [-0.3, -0.25) is 4.79 Å². The second-order valence-corrected chi connectivity index (χ2v) is 10.3. The zero-order valence-corrected chi connectivity index (χ0v) is 19.8. The first-order chi connectivity index (χ1) is 16.5. The summed E-state index contributed by atoms with van der Waals surface area (Å²) in [5.41, 5.74) is 2.55. The van der Waals surface area contributed by atoms with Crippen molar-refractivity contribution in [1.29, 1.82) is 5.26 Å². The van der Waals surface area contributed by atoms with Crippen LogP contribution in [-0.4, -0.2) is 28.4 Å². The van der Waals surface area contributed by atoms with Gasteiger partial charge >= 0.3 is 6.29 Å². The van der Waals surface area contributed by atoms with Crippen LogP contribution in [0.2, 0.25) is 0 Å². The van der Waals surface area contributed by atoms with Crippen LogP contribution in [0, 0.1) is 11.3 Å². The summed E-state index contributed by atoms with van der Waals surface area (Å²) >= 11 is 0. The fourth-order valence-electron chi connectivity index (χ4n) is 5.06. The van der Waals surface area contributed by atoms with Gasteiger partial charge in [-0.15, -0.1) is 8.78 Å². The molecule has 0 unspecified atom stereocenters. The molecule has 1 aromatic heterocycles. The Hall–Kier alpha value is -3.44. The van der Waals surface area contributed by atoms with Crippen LogP contribution in [0.1, 0.15) is 57.4 Å². The standard InChI is InChI=1S/C27H26F2N2O4.H2/c1-25(2,3)23-14-18-19(15-30)16(4-6-20(18)31(23)10-11-32)12-24(33)26(8-9-26)17-5-7-21-22(13-17)35-27(28,29)34-21;/h4-7,13-14,32H,8-12H2,1-3H3;1H. The van der Waals surface area contributed by atoms with Crippen molar-refractivity contribution in [2.75, 3.05) is 6.61 Å². The third-order valence-corrected chi connectivity index (χ3v) is 6.96. The monoisotopic (exact) mass is 482 g/mol. The number of halogens is 2. The third-order valence-electron chi connectivity index (χ3n) is 6.96. The number of hydrogen-bond acceptors (Lipinski definition) is 5. The highest BCUT2D eigenvalue weighted by Crippen LogP contribution is 2.52. The number of aliphatic hydroxyl groups is 1. The summed E-state index contributed by atoms with van der Waals surface area (Å²) in [5, 5.41) is 20.4. The van der Waals surface area contributed by atoms with E-state index in [2.05, 4.69) is 36.3 Å². The average Bonchev–Trinajstić information content (AvgIpc) is 3.42. The number of nitriles is 1. The van der Waals surface area contributed by atoms with Crippen molar-refractivity contribution in [1.82, 2.24) is 4.57 Å². The molecule has 1 fully saturated rings. The van der Waals surface area contributed by atoms with Crippen LogP contribution < -0.4 is 9.47 Å². The van der Waals surface area contributed by atoms with Crippen LogP contribution in [-0.2, 0) is 28.6 Å². The zero-order valence-electron chi connectivity index (χ0n) is 19.8. The smallest absolute Gasteiger partial charge is 0.395 e. The van der Waals surface area contributed by atoms with E-state index in [9.17, 15) is 23.9 Å². The number of alkyl halides is 2. The molecule has 184 valence electrons. The number of aliphatic hydroxyl groups excluding tert-OH is 1. The van der Waals surface area contributed by atoms with Gasteiger partial charge in [-0.2, -0.15) is 5.26 Å². The molecular weight excluding hydrogens is 454 g/mol. The molecular formula is C27H28F2N2O4. The SMILES string of the molecule is CC(C)(C)c1cc2c(C#N)c(CC(=O)C3(c4ccc5c(c4)OC(F)(F)O5)CC3)ccc2n1CCO.[HH]. The summed E-state index contributed by atoms with van der Waals surface area (Å²) in [6.45, 7) is 6.60. The summed E-state index contributed by atoms with van der Waals surface area (Å²) < 4.78 is 37.9. The molecule has 3 aromatic rings. The highest BCUT2D eigenvalue weighted by atomic mass is 19.3. The highest BCUT2D eigenvalue weighted by Gasteiger charge is 2.52. The summed E-state index contributed by atoms with van der Waals surface area (Å²) in [5.74, 6) is -0.197. The molecule has 0 bridgehead atoms. The fourth-order valence-corrected chi connectivity index (χ4v) is 5.06. The number of carbonyl (C=O) groups excluding carboxylic acids is 1. The van der Waals surface area contributed by atoms with Crippen molar-refractivity contribution in [3.05, 3.63) is 58.8 Å². The van der Waals surface area contributed by atoms with Gasteiger partial charge in [0.25, 0.3) is 0 Å². The van der Waals surface area contributed by atoms with E-state index in [0.29, 0.717) is 36.1 Å². The number of fused-ring (bicyclic) bond motifs is 2. The number of hydrogen-bond donors (Lipinski definition) is 1. The lowest BCUT2D eigenvalue weighted by molar-refractivity contribution is -0.286. The molecule has 2 heterocycles. The van der Waals surface area contributed by atoms with Crippen LogP contribution >= 0.6 is 0 Å². The van der Waals surface area contributed by atoms with Crippen molar-refractivity contribution in [3.63, 3.8) is 0 Å². The molecule has 35 heavy (non-hydrogen) atoms. The molecule has 2 aromatic carbocycles. The third kappa shape index (κ3) is 3.84. The van der Waals surface area contributed by atoms with Crippen molar-refractivity contribution >= 4 is 16.7 Å². The minimum absolute atomic E-state index is 0. The van der Waals surface area contributed by atoms with Gasteiger partial charge in [0.05, 0.1) is 17.6 Å². The van der Waals surface area contributed by atoms with Gasteiger partial charge in [0.15, 0.2) is 11.5 Å². The van der Waals surface area contributed by atoms with Gasteiger partial charge in [-0.25, -0.2) is 0 Å². The lowest BCUT2D eigenvalue weighted by Gasteiger charge is -2.21. The lowest BCUT2D eigenvalue weighted by atomic mass is 9.86. The number of aromatic nitrogens is 1. The van der Waals surface area contributed by atoms with Crippen LogP contribution in [0.3, 0.4) is 0 Å². The van der Waals surface area contributed by atoms with Crippen molar-refractivity contribution in [2.45, 2.75) is 63.7 Å². The van der Waals surface area contributed by atoms with E-state index >= 15 is 0 Å². The van der Waals surface area contributed by atoms with E-state index in [-0.39, 0.29) is 37.2 Å². The number of rotatable bonds is 6. The molecule has 6 nitrogen and oxygen atoms in total. The van der Waals surface area contributed by atoms with Gasteiger partial charge in [0.2, 0.25) is 0 Å². The molecule has 0 spiro atoms. The first kappa shape index (κ1) is 23.3. The maximum absolute atomic E-state index is 13.5. The Labute approximate surface area is 203 Å². The number of ketones is 1.